The van der Waals surface area contributed by atoms with Gasteiger partial charge in [-0.2, -0.15) is 0 Å². The first-order valence-electron chi connectivity index (χ1n) is 8.87. The number of carbonyl (C=O) groups is 1. The number of benzene rings is 2. The summed E-state index contributed by atoms with van der Waals surface area (Å²) in [6.45, 7) is 1.64. The zero-order valence-electron chi connectivity index (χ0n) is 14.4. The van der Waals surface area contributed by atoms with Gasteiger partial charge < -0.3 is 0 Å². The van der Waals surface area contributed by atoms with Crippen molar-refractivity contribution in [1.82, 2.24) is 4.90 Å². The molecule has 1 aliphatic rings. The van der Waals surface area contributed by atoms with Crippen LogP contribution in [-0.4, -0.2) is 37.5 Å². The van der Waals surface area contributed by atoms with E-state index in [1.807, 2.05) is 35.2 Å². The Bertz CT molecular complexity index is 695. The zero-order valence-corrected chi connectivity index (χ0v) is 14.4. The van der Waals surface area contributed by atoms with Crippen LogP contribution in [0.1, 0.15) is 28.8 Å². The topological polar surface area (TPSA) is 49.4 Å². The molecule has 3 rings (SSSR count). The van der Waals surface area contributed by atoms with Gasteiger partial charge in [0, 0.05) is 0 Å². The van der Waals surface area contributed by atoms with Gasteiger partial charge >= 0.3 is 113 Å². The molecule has 0 spiro atoms. The minimum atomic E-state index is 0.0973. The number of hydrogen-bond donors (Lipinski definition) is 1. The van der Waals surface area contributed by atoms with Crippen LogP contribution < -0.4 is 5.32 Å². The van der Waals surface area contributed by atoms with Crippen LogP contribution in [-0.2, 0) is 11.1 Å². The van der Waals surface area contributed by atoms with Crippen LogP contribution in [0.4, 0.5) is 5.69 Å². The van der Waals surface area contributed by atoms with E-state index in [1.165, 1.54) is 5.56 Å². The van der Waals surface area contributed by atoms with Crippen molar-refractivity contribution in [2.45, 2.75) is 19.3 Å². The quantitative estimate of drug-likeness (QED) is 0.826. The molecule has 0 aliphatic carbocycles. The van der Waals surface area contributed by atoms with Crippen LogP contribution in [0.5, 0.6) is 0 Å². The number of piperidine rings is 1. The molecule has 128 valence electrons. The summed E-state index contributed by atoms with van der Waals surface area (Å²) in [5, 5.41) is 2.98. The third-order valence-electron chi connectivity index (χ3n) is 4.79. The molecule has 0 bridgehead atoms. The number of likely N-dealkylation sites (tertiary alicyclic amines) is 1. The standard InChI is InChI=1S/C20H23BN2O2/c24-20(18-6-8-19(9-7-18)22-15-21-25)23-12-10-17(11-13-23)14-16-4-2-1-3-5-16/h1-9,17,22H,10-15H2. The van der Waals surface area contributed by atoms with Crippen molar-refractivity contribution < 1.29 is 9.50 Å². The summed E-state index contributed by atoms with van der Waals surface area (Å²) in [6.07, 6.45) is 3.49. The van der Waals surface area contributed by atoms with Crippen molar-refractivity contribution in [2.24, 2.45) is 5.92 Å². The maximum atomic E-state index is 12.6. The molecular weight excluding hydrogens is 311 g/mol. The van der Waals surface area contributed by atoms with E-state index in [9.17, 15) is 9.50 Å². The monoisotopic (exact) mass is 334 g/mol. The summed E-state index contributed by atoms with van der Waals surface area (Å²) >= 11 is 0. The Kier molecular flexibility index (Phi) is 5.99. The second-order valence-corrected chi connectivity index (χ2v) is 6.55. The summed E-state index contributed by atoms with van der Waals surface area (Å²) in [7, 11) is 0.818. The Balaban J connectivity index is 1.51. The number of hydrogen-bond acceptors (Lipinski definition) is 3. The molecule has 0 saturated carbocycles. The molecule has 5 heteroatoms. The second kappa shape index (κ2) is 8.61. The number of nitrogens with zero attached hydrogens (tertiary/aromatic N) is 1. The third kappa shape index (κ3) is 4.78. The molecule has 25 heavy (non-hydrogen) atoms. The molecule has 2 aromatic carbocycles. The predicted octanol–water partition coefficient (Wildman–Crippen LogP) is 3.20. The molecule has 0 radical (unpaired) electrons. The van der Waals surface area contributed by atoms with E-state index in [4.69, 9.17) is 0 Å². The van der Waals surface area contributed by atoms with Crippen LogP contribution in [0, 0.1) is 5.92 Å². The van der Waals surface area contributed by atoms with E-state index in [2.05, 4.69) is 29.6 Å². The van der Waals surface area contributed by atoms with Crippen molar-refractivity contribution in [3.63, 3.8) is 0 Å². The Labute approximate surface area is 149 Å². The van der Waals surface area contributed by atoms with Gasteiger partial charge in [-0.25, -0.2) is 0 Å². The summed E-state index contributed by atoms with van der Waals surface area (Å²) in [5.74, 6) is 0.751. The summed E-state index contributed by atoms with van der Waals surface area (Å²) in [4.78, 5) is 14.6. The Morgan fingerprint density at radius 1 is 1.04 bits per heavy atom. The molecule has 1 saturated heterocycles. The minimum absolute atomic E-state index is 0.0973. The second-order valence-electron chi connectivity index (χ2n) is 6.55. The van der Waals surface area contributed by atoms with E-state index in [-0.39, 0.29) is 12.4 Å². The van der Waals surface area contributed by atoms with E-state index in [0.717, 1.165) is 45.2 Å². The Hall–Kier alpha value is -2.43. The molecule has 4 nitrogen and oxygen atoms in total. The average molecular weight is 334 g/mol. The third-order valence-corrected chi connectivity index (χ3v) is 4.79. The molecule has 1 N–H and O–H groups in total. The van der Waals surface area contributed by atoms with Crippen LogP contribution in [0.3, 0.4) is 0 Å². The zero-order chi connectivity index (χ0) is 17.5. The van der Waals surface area contributed by atoms with Crippen LogP contribution in [0.15, 0.2) is 54.6 Å². The maximum absolute atomic E-state index is 12.6. The van der Waals surface area contributed by atoms with E-state index in [0.29, 0.717) is 11.5 Å². The van der Waals surface area contributed by atoms with Crippen LogP contribution >= 0.6 is 0 Å². The van der Waals surface area contributed by atoms with Gasteiger partial charge in [-0.15, -0.1) is 0 Å². The molecule has 1 aliphatic heterocycles. The Morgan fingerprint density at radius 2 is 1.72 bits per heavy atom. The van der Waals surface area contributed by atoms with E-state index in [1.54, 1.807) is 0 Å². The molecule has 0 atom stereocenters. The first-order valence-corrected chi connectivity index (χ1v) is 8.87. The van der Waals surface area contributed by atoms with Gasteiger partial charge in [0.1, 0.15) is 0 Å². The SMILES string of the molecule is O=BCNc1ccc(C(=O)N2CCC(Cc3ccccc3)CC2)cc1. The van der Waals surface area contributed by atoms with Gasteiger partial charge in [-0.3, -0.25) is 0 Å². The van der Waals surface area contributed by atoms with Crippen molar-refractivity contribution in [1.29, 1.82) is 0 Å². The van der Waals surface area contributed by atoms with Gasteiger partial charge in [0.15, 0.2) is 0 Å². The van der Waals surface area contributed by atoms with Crippen molar-refractivity contribution in [2.75, 3.05) is 24.9 Å². The summed E-state index contributed by atoms with van der Waals surface area (Å²) in [6, 6.07) is 17.9. The fourth-order valence-electron chi connectivity index (χ4n) is 3.36. The van der Waals surface area contributed by atoms with Gasteiger partial charge in [0.2, 0.25) is 0 Å². The first-order chi connectivity index (χ1) is 12.3. The summed E-state index contributed by atoms with van der Waals surface area (Å²) < 4.78 is 10.4. The van der Waals surface area contributed by atoms with E-state index >= 15 is 0 Å². The van der Waals surface area contributed by atoms with Gasteiger partial charge in [0.05, 0.1) is 0 Å². The molecule has 0 aromatic heterocycles. The summed E-state index contributed by atoms with van der Waals surface area (Å²) in [5.41, 5.74) is 2.94. The average Bonchev–Trinajstić information content (AvgIpc) is 2.68. The molecule has 1 amide bonds. The predicted molar refractivity (Wildman–Crippen MR) is 100 cm³/mol. The number of rotatable bonds is 6. The molecule has 2 aromatic rings. The molecule has 0 unspecified atom stereocenters. The van der Waals surface area contributed by atoms with Gasteiger partial charge in [-0.05, 0) is 5.56 Å². The number of amides is 1. The number of carbonyl (C=O) groups excluding carboxylic acids is 1. The molecule has 1 heterocycles. The van der Waals surface area contributed by atoms with Gasteiger partial charge in [0.25, 0.3) is 0 Å². The first kappa shape index (κ1) is 17.4. The van der Waals surface area contributed by atoms with Crippen LogP contribution in [0.25, 0.3) is 0 Å². The van der Waals surface area contributed by atoms with Crippen LogP contribution in [0.2, 0.25) is 0 Å². The number of anilines is 1. The molecular formula is C20H23BN2O2. The fraction of sp³-hybridized carbons (Fsp3) is 0.350. The van der Waals surface area contributed by atoms with Crippen molar-refractivity contribution >= 4 is 18.7 Å². The molecule has 1 fully saturated rings. The normalized spacial score (nSPS) is 14.8. The van der Waals surface area contributed by atoms with Crippen molar-refractivity contribution in [3.8, 4) is 0 Å². The van der Waals surface area contributed by atoms with Crippen molar-refractivity contribution in [3.05, 3.63) is 65.7 Å². The number of nitrogens with one attached hydrogen (secondary N) is 1. The van der Waals surface area contributed by atoms with E-state index < -0.39 is 0 Å². The Morgan fingerprint density at radius 3 is 2.36 bits per heavy atom. The fourth-order valence-corrected chi connectivity index (χ4v) is 3.36. The van der Waals surface area contributed by atoms with Gasteiger partial charge in [-0.1, -0.05) is 30.3 Å².